The second kappa shape index (κ2) is 6.36. The number of nitrogens with one attached hydrogen (secondary N) is 1. The van der Waals surface area contributed by atoms with E-state index in [2.05, 4.69) is 4.72 Å². The molecule has 0 spiro atoms. The number of halogens is 3. The molecule has 0 fully saturated rings. The molecule has 2 N–H and O–H groups in total. The highest BCUT2D eigenvalue weighted by Gasteiger charge is 2.26. The van der Waals surface area contributed by atoms with Crippen molar-refractivity contribution in [1.29, 1.82) is 0 Å². The lowest BCUT2D eigenvalue weighted by Crippen LogP contribution is -2.26. The van der Waals surface area contributed by atoms with Gasteiger partial charge >= 0.3 is 6.18 Å². The summed E-state index contributed by atoms with van der Waals surface area (Å²) in [7, 11) is -3.90. The van der Waals surface area contributed by atoms with Crippen LogP contribution < -0.4 is 4.72 Å². The summed E-state index contributed by atoms with van der Waals surface area (Å²) in [6.45, 7) is -0.763. The number of hydrogen-bond donors (Lipinski definition) is 2. The lowest BCUT2D eigenvalue weighted by molar-refractivity contribution is -0.135. The largest absolute Gasteiger partial charge is 0.392 e. The van der Waals surface area contributed by atoms with E-state index in [0.29, 0.717) is 0 Å². The van der Waals surface area contributed by atoms with Gasteiger partial charge in [0.2, 0.25) is 10.0 Å². The molecule has 0 saturated carbocycles. The maximum absolute atomic E-state index is 11.9. The van der Waals surface area contributed by atoms with Gasteiger partial charge in [0.05, 0.1) is 11.5 Å². The van der Waals surface area contributed by atoms with Gasteiger partial charge < -0.3 is 5.11 Å². The van der Waals surface area contributed by atoms with Crippen molar-refractivity contribution in [1.82, 2.24) is 4.72 Å². The zero-order chi connectivity index (χ0) is 14.5. The molecule has 0 aliphatic carbocycles. The zero-order valence-corrected chi connectivity index (χ0v) is 10.8. The predicted octanol–water partition coefficient (Wildman–Crippen LogP) is 1.80. The average molecular weight is 297 g/mol. The van der Waals surface area contributed by atoms with Crippen LogP contribution in [0.3, 0.4) is 0 Å². The van der Waals surface area contributed by atoms with Crippen molar-refractivity contribution in [3.05, 3.63) is 29.8 Å². The Bertz CT molecular complexity index is 514. The van der Waals surface area contributed by atoms with Crippen LogP contribution in [-0.2, 0) is 16.6 Å². The molecule has 0 aliphatic rings. The molecule has 0 aliphatic heterocycles. The van der Waals surface area contributed by atoms with Crippen molar-refractivity contribution in [2.24, 2.45) is 0 Å². The summed E-state index contributed by atoms with van der Waals surface area (Å²) >= 11 is 0. The van der Waals surface area contributed by atoms with E-state index in [1.807, 2.05) is 0 Å². The first-order valence-corrected chi connectivity index (χ1v) is 7.00. The third kappa shape index (κ3) is 5.17. The molecule has 19 heavy (non-hydrogen) atoms. The van der Waals surface area contributed by atoms with Crippen LogP contribution in [0.15, 0.2) is 29.2 Å². The van der Waals surface area contributed by atoms with Crippen LogP contribution >= 0.6 is 0 Å². The highest BCUT2D eigenvalue weighted by Crippen LogP contribution is 2.21. The molecule has 0 amide bonds. The Morgan fingerprint density at radius 3 is 2.42 bits per heavy atom. The smallest absolute Gasteiger partial charge is 0.389 e. The van der Waals surface area contributed by atoms with Gasteiger partial charge in [-0.3, -0.25) is 0 Å². The minimum Gasteiger partial charge on any atom is -0.392 e. The van der Waals surface area contributed by atoms with Gasteiger partial charge in [-0.15, -0.1) is 0 Å². The fourth-order valence-corrected chi connectivity index (χ4v) is 2.77. The fraction of sp³-hybridized carbons (Fsp3) is 0.455. The number of hydrogen-bond acceptors (Lipinski definition) is 3. The van der Waals surface area contributed by atoms with Crippen molar-refractivity contribution in [2.45, 2.75) is 30.5 Å². The third-order valence-corrected chi connectivity index (χ3v) is 3.92. The first kappa shape index (κ1) is 15.9. The molecule has 0 radical (unpaired) electrons. The summed E-state index contributed by atoms with van der Waals surface area (Å²) in [6, 6.07) is 5.76. The van der Waals surface area contributed by atoms with E-state index in [-0.39, 0.29) is 23.4 Å². The van der Waals surface area contributed by atoms with Crippen molar-refractivity contribution < 1.29 is 26.7 Å². The molecule has 0 aromatic heterocycles. The Balaban J connectivity index is 2.66. The van der Waals surface area contributed by atoms with Crippen LogP contribution in [0.5, 0.6) is 0 Å². The van der Waals surface area contributed by atoms with Gasteiger partial charge in [-0.25, -0.2) is 13.1 Å². The van der Waals surface area contributed by atoms with Crippen LogP contribution in [-0.4, -0.2) is 26.2 Å². The topological polar surface area (TPSA) is 66.4 Å². The van der Waals surface area contributed by atoms with E-state index in [1.165, 1.54) is 18.2 Å². The molecule has 0 heterocycles. The summed E-state index contributed by atoms with van der Waals surface area (Å²) in [5.41, 5.74) is 0.200. The van der Waals surface area contributed by atoms with Crippen molar-refractivity contribution in [2.75, 3.05) is 6.54 Å². The number of alkyl halides is 3. The third-order valence-electron chi connectivity index (χ3n) is 2.36. The van der Waals surface area contributed by atoms with E-state index in [4.69, 9.17) is 5.11 Å². The number of benzene rings is 1. The van der Waals surface area contributed by atoms with Crippen LogP contribution in [0.1, 0.15) is 18.4 Å². The number of sulfonamides is 1. The summed E-state index contributed by atoms with van der Waals surface area (Å²) < 4.78 is 61.5. The second-order valence-electron chi connectivity index (χ2n) is 3.88. The average Bonchev–Trinajstić information content (AvgIpc) is 2.33. The maximum Gasteiger partial charge on any atom is 0.389 e. The molecule has 0 unspecified atom stereocenters. The molecule has 1 aromatic rings. The molecule has 0 saturated heterocycles. The predicted molar refractivity (Wildman–Crippen MR) is 62.8 cm³/mol. The fourth-order valence-electron chi connectivity index (χ4n) is 1.47. The molecule has 8 heteroatoms. The van der Waals surface area contributed by atoms with E-state index in [9.17, 15) is 21.6 Å². The van der Waals surface area contributed by atoms with Gasteiger partial charge in [-0.2, -0.15) is 13.2 Å². The van der Waals surface area contributed by atoms with Crippen LogP contribution in [0.2, 0.25) is 0 Å². The molecule has 4 nitrogen and oxygen atoms in total. The first-order chi connectivity index (χ1) is 8.76. The zero-order valence-electron chi connectivity index (χ0n) is 9.94. The quantitative estimate of drug-likeness (QED) is 0.787. The Kier molecular flexibility index (Phi) is 5.33. The van der Waals surface area contributed by atoms with Gasteiger partial charge in [0.1, 0.15) is 0 Å². The van der Waals surface area contributed by atoms with Crippen LogP contribution in [0, 0.1) is 0 Å². The van der Waals surface area contributed by atoms with E-state index < -0.39 is 29.2 Å². The van der Waals surface area contributed by atoms with Crippen molar-refractivity contribution in [3.63, 3.8) is 0 Å². The summed E-state index contributed by atoms with van der Waals surface area (Å²) in [6.07, 6.45) is -5.67. The summed E-state index contributed by atoms with van der Waals surface area (Å²) in [4.78, 5) is -0.121. The SMILES string of the molecule is O=S(=O)(NCCCC(F)(F)F)c1ccccc1CO. The number of aliphatic hydroxyl groups excluding tert-OH is 1. The van der Waals surface area contributed by atoms with Gasteiger partial charge in [0.15, 0.2) is 0 Å². The van der Waals surface area contributed by atoms with E-state index in [0.717, 1.165) is 0 Å². The maximum atomic E-state index is 11.9. The van der Waals surface area contributed by atoms with Gasteiger partial charge in [-0.1, -0.05) is 18.2 Å². The molecular formula is C11H14F3NO3S. The lowest BCUT2D eigenvalue weighted by Gasteiger charge is -2.10. The Hall–Kier alpha value is -1.12. The Labute approximate surface area is 109 Å². The Morgan fingerprint density at radius 2 is 1.84 bits per heavy atom. The highest BCUT2D eigenvalue weighted by atomic mass is 32.2. The highest BCUT2D eigenvalue weighted by molar-refractivity contribution is 7.89. The molecule has 108 valence electrons. The number of rotatable bonds is 6. The van der Waals surface area contributed by atoms with Crippen LogP contribution in [0.4, 0.5) is 13.2 Å². The summed E-state index contributed by atoms with van der Waals surface area (Å²) in [5, 5.41) is 9.02. The van der Waals surface area contributed by atoms with Crippen LogP contribution in [0.25, 0.3) is 0 Å². The normalized spacial score (nSPS) is 12.6. The van der Waals surface area contributed by atoms with Crippen molar-refractivity contribution in [3.8, 4) is 0 Å². The van der Waals surface area contributed by atoms with Crippen molar-refractivity contribution >= 4 is 10.0 Å². The van der Waals surface area contributed by atoms with Gasteiger partial charge in [0.25, 0.3) is 0 Å². The molecule has 1 aromatic carbocycles. The standard InChI is InChI=1S/C11H14F3NO3S/c12-11(13,14)6-3-7-15-19(17,18)10-5-2-1-4-9(10)8-16/h1-2,4-5,15-16H,3,6-8H2. The molecular weight excluding hydrogens is 283 g/mol. The first-order valence-electron chi connectivity index (χ1n) is 5.51. The lowest BCUT2D eigenvalue weighted by atomic mass is 10.2. The minimum atomic E-state index is -4.30. The van der Waals surface area contributed by atoms with E-state index >= 15 is 0 Å². The monoisotopic (exact) mass is 297 g/mol. The number of aliphatic hydroxyl groups is 1. The second-order valence-corrected chi connectivity index (χ2v) is 5.62. The summed E-state index contributed by atoms with van der Waals surface area (Å²) in [5.74, 6) is 0. The van der Waals surface area contributed by atoms with Gasteiger partial charge in [0, 0.05) is 13.0 Å². The van der Waals surface area contributed by atoms with E-state index in [1.54, 1.807) is 6.07 Å². The Morgan fingerprint density at radius 1 is 1.21 bits per heavy atom. The molecule has 1 rings (SSSR count). The molecule has 0 bridgehead atoms. The molecule has 0 atom stereocenters. The van der Waals surface area contributed by atoms with Gasteiger partial charge in [-0.05, 0) is 18.1 Å². The minimum absolute atomic E-state index is 0.121.